The zero-order valence-electron chi connectivity index (χ0n) is 10.5. The van der Waals surface area contributed by atoms with Crippen molar-refractivity contribution < 1.29 is 0 Å². The zero-order valence-corrected chi connectivity index (χ0v) is 10.5. The predicted molar refractivity (Wildman–Crippen MR) is 71.6 cm³/mol. The lowest BCUT2D eigenvalue weighted by Gasteiger charge is -2.05. The van der Waals surface area contributed by atoms with Crippen molar-refractivity contribution in [3.63, 3.8) is 0 Å². The van der Waals surface area contributed by atoms with E-state index in [1.165, 1.54) is 56.1 Å². The van der Waals surface area contributed by atoms with Crippen LogP contribution in [-0.2, 0) is 6.42 Å². The lowest BCUT2D eigenvalue weighted by Crippen LogP contribution is -1.97. The van der Waals surface area contributed by atoms with Crippen LogP contribution in [0.3, 0.4) is 0 Å². The molecule has 0 spiro atoms. The summed E-state index contributed by atoms with van der Waals surface area (Å²) in [6, 6.07) is 8.72. The van der Waals surface area contributed by atoms with Crippen LogP contribution in [0.4, 0.5) is 0 Å². The fourth-order valence-electron chi connectivity index (χ4n) is 2.06. The standard InChI is InChI=1S/C15H25N/c1-14-10-7-8-12-15(14)11-6-4-2-3-5-9-13-16/h7-8,10,12H,2-6,9,11,13,16H2,1H3. The summed E-state index contributed by atoms with van der Waals surface area (Å²) in [4.78, 5) is 0. The van der Waals surface area contributed by atoms with Gasteiger partial charge < -0.3 is 5.73 Å². The molecule has 1 aromatic carbocycles. The number of hydrogen-bond acceptors (Lipinski definition) is 1. The maximum atomic E-state index is 5.46. The molecule has 1 nitrogen and oxygen atoms in total. The van der Waals surface area contributed by atoms with Crippen LogP contribution < -0.4 is 5.73 Å². The molecular formula is C15H25N. The van der Waals surface area contributed by atoms with Gasteiger partial charge in [-0.05, 0) is 43.9 Å². The van der Waals surface area contributed by atoms with Crippen molar-refractivity contribution in [3.05, 3.63) is 35.4 Å². The molecule has 1 aromatic rings. The van der Waals surface area contributed by atoms with Gasteiger partial charge in [-0.2, -0.15) is 0 Å². The molecule has 0 amide bonds. The molecule has 0 aromatic heterocycles. The first-order chi connectivity index (χ1) is 7.84. The fraction of sp³-hybridized carbons (Fsp3) is 0.600. The van der Waals surface area contributed by atoms with Crippen LogP contribution in [0.15, 0.2) is 24.3 Å². The van der Waals surface area contributed by atoms with E-state index in [1.807, 2.05) is 0 Å². The summed E-state index contributed by atoms with van der Waals surface area (Å²) in [5, 5.41) is 0. The van der Waals surface area contributed by atoms with Gasteiger partial charge in [0.15, 0.2) is 0 Å². The fourth-order valence-corrected chi connectivity index (χ4v) is 2.06. The molecule has 0 unspecified atom stereocenters. The molecule has 16 heavy (non-hydrogen) atoms. The molecule has 0 aliphatic heterocycles. The van der Waals surface area contributed by atoms with Crippen LogP contribution >= 0.6 is 0 Å². The van der Waals surface area contributed by atoms with E-state index in [9.17, 15) is 0 Å². The van der Waals surface area contributed by atoms with Crippen LogP contribution in [0.25, 0.3) is 0 Å². The smallest absolute Gasteiger partial charge is 0.00773 e. The number of unbranched alkanes of at least 4 members (excludes halogenated alkanes) is 5. The van der Waals surface area contributed by atoms with Gasteiger partial charge in [-0.15, -0.1) is 0 Å². The van der Waals surface area contributed by atoms with E-state index in [4.69, 9.17) is 5.73 Å². The molecule has 0 saturated heterocycles. The van der Waals surface area contributed by atoms with Crippen molar-refractivity contribution in [2.24, 2.45) is 5.73 Å². The van der Waals surface area contributed by atoms with E-state index in [0.717, 1.165) is 6.54 Å². The summed E-state index contributed by atoms with van der Waals surface area (Å²) in [5.74, 6) is 0. The lowest BCUT2D eigenvalue weighted by atomic mass is 10.0. The molecule has 90 valence electrons. The van der Waals surface area contributed by atoms with Gasteiger partial charge >= 0.3 is 0 Å². The number of nitrogens with two attached hydrogens (primary N) is 1. The summed E-state index contributed by atoms with van der Waals surface area (Å²) < 4.78 is 0. The van der Waals surface area contributed by atoms with Crippen LogP contribution in [0.1, 0.15) is 49.7 Å². The maximum absolute atomic E-state index is 5.46. The Labute approximate surface area is 100 Å². The minimum absolute atomic E-state index is 0.850. The third-order valence-electron chi connectivity index (χ3n) is 3.16. The Bertz CT molecular complexity index is 281. The molecule has 2 N–H and O–H groups in total. The quantitative estimate of drug-likeness (QED) is 0.661. The third kappa shape index (κ3) is 5.32. The number of aryl methyl sites for hydroxylation is 2. The molecule has 0 bridgehead atoms. The highest BCUT2D eigenvalue weighted by Gasteiger charge is 1.96. The van der Waals surface area contributed by atoms with Crippen LogP contribution in [-0.4, -0.2) is 6.54 Å². The van der Waals surface area contributed by atoms with Gasteiger partial charge in [0, 0.05) is 0 Å². The predicted octanol–water partition coefficient (Wildman–Crippen LogP) is 3.84. The highest BCUT2D eigenvalue weighted by atomic mass is 14.5. The topological polar surface area (TPSA) is 26.0 Å². The summed E-state index contributed by atoms with van der Waals surface area (Å²) in [6.45, 7) is 3.06. The lowest BCUT2D eigenvalue weighted by molar-refractivity contribution is 0.597. The second kappa shape index (κ2) is 8.35. The highest BCUT2D eigenvalue weighted by molar-refractivity contribution is 5.25. The molecular weight excluding hydrogens is 194 g/mol. The van der Waals surface area contributed by atoms with E-state index < -0.39 is 0 Å². The molecule has 0 aliphatic carbocycles. The minimum atomic E-state index is 0.850. The van der Waals surface area contributed by atoms with E-state index in [1.54, 1.807) is 0 Å². The Morgan fingerprint density at radius 1 is 0.875 bits per heavy atom. The zero-order chi connectivity index (χ0) is 11.6. The van der Waals surface area contributed by atoms with Crippen LogP contribution in [0.5, 0.6) is 0 Å². The van der Waals surface area contributed by atoms with Crippen molar-refractivity contribution in [1.29, 1.82) is 0 Å². The number of rotatable bonds is 8. The van der Waals surface area contributed by atoms with E-state index in [0.29, 0.717) is 0 Å². The first-order valence-corrected chi connectivity index (χ1v) is 6.59. The molecule has 1 rings (SSSR count). The van der Waals surface area contributed by atoms with E-state index >= 15 is 0 Å². The van der Waals surface area contributed by atoms with Crippen molar-refractivity contribution in [2.45, 2.75) is 51.9 Å². The van der Waals surface area contributed by atoms with Crippen LogP contribution in [0, 0.1) is 6.92 Å². The van der Waals surface area contributed by atoms with Crippen molar-refractivity contribution >= 4 is 0 Å². The summed E-state index contributed by atoms with van der Waals surface area (Å²) in [5.41, 5.74) is 8.42. The summed E-state index contributed by atoms with van der Waals surface area (Å²) >= 11 is 0. The Kier molecular flexibility index (Phi) is 6.91. The molecule has 0 saturated carbocycles. The van der Waals surface area contributed by atoms with Gasteiger partial charge in [-0.3, -0.25) is 0 Å². The van der Waals surface area contributed by atoms with Crippen molar-refractivity contribution in [2.75, 3.05) is 6.54 Å². The highest BCUT2D eigenvalue weighted by Crippen LogP contribution is 2.12. The van der Waals surface area contributed by atoms with Crippen molar-refractivity contribution in [3.8, 4) is 0 Å². The molecule has 0 atom stereocenters. The van der Waals surface area contributed by atoms with Gasteiger partial charge in [0.1, 0.15) is 0 Å². The maximum Gasteiger partial charge on any atom is -0.00773 e. The third-order valence-corrected chi connectivity index (χ3v) is 3.16. The largest absolute Gasteiger partial charge is 0.330 e. The minimum Gasteiger partial charge on any atom is -0.330 e. The monoisotopic (exact) mass is 219 g/mol. The van der Waals surface area contributed by atoms with E-state index in [2.05, 4.69) is 31.2 Å². The Morgan fingerprint density at radius 3 is 2.19 bits per heavy atom. The molecule has 0 radical (unpaired) electrons. The Balaban J connectivity index is 2.05. The first kappa shape index (κ1) is 13.2. The number of benzene rings is 1. The Morgan fingerprint density at radius 2 is 1.50 bits per heavy atom. The second-order valence-corrected chi connectivity index (χ2v) is 4.59. The van der Waals surface area contributed by atoms with Crippen LogP contribution in [0.2, 0.25) is 0 Å². The van der Waals surface area contributed by atoms with Crippen molar-refractivity contribution in [1.82, 2.24) is 0 Å². The normalized spacial score (nSPS) is 10.6. The molecule has 0 aliphatic rings. The average molecular weight is 219 g/mol. The molecule has 0 fully saturated rings. The number of hydrogen-bond donors (Lipinski definition) is 1. The SMILES string of the molecule is Cc1ccccc1CCCCCCCCN. The molecule has 1 heteroatoms. The van der Waals surface area contributed by atoms with Gasteiger partial charge in [0.05, 0.1) is 0 Å². The summed E-state index contributed by atoms with van der Waals surface area (Å²) in [6.07, 6.45) is 9.14. The first-order valence-electron chi connectivity index (χ1n) is 6.59. The average Bonchev–Trinajstić information content (AvgIpc) is 2.30. The Hall–Kier alpha value is -0.820. The van der Waals surface area contributed by atoms with Gasteiger partial charge in [-0.1, -0.05) is 49.9 Å². The molecule has 0 heterocycles. The summed E-state index contributed by atoms with van der Waals surface area (Å²) in [7, 11) is 0. The van der Waals surface area contributed by atoms with Gasteiger partial charge in [-0.25, -0.2) is 0 Å². The van der Waals surface area contributed by atoms with Gasteiger partial charge in [0.2, 0.25) is 0 Å². The van der Waals surface area contributed by atoms with Gasteiger partial charge in [0.25, 0.3) is 0 Å². The van der Waals surface area contributed by atoms with E-state index in [-0.39, 0.29) is 0 Å². The second-order valence-electron chi connectivity index (χ2n) is 4.59.